The molecule has 2 aromatic carbocycles. The maximum Gasteiger partial charge on any atom is 0.243 e. The number of hydrogen-bond acceptors (Lipinski definition) is 4. The molecule has 0 saturated carbocycles. The van der Waals surface area contributed by atoms with E-state index in [-0.39, 0.29) is 19.2 Å². The van der Waals surface area contributed by atoms with Gasteiger partial charge in [0.1, 0.15) is 16.5 Å². The summed E-state index contributed by atoms with van der Waals surface area (Å²) >= 11 is 0. The zero-order valence-electron chi connectivity index (χ0n) is 14.7. The molecule has 1 aliphatic heterocycles. The van der Waals surface area contributed by atoms with Gasteiger partial charge in [-0.1, -0.05) is 24.3 Å². The van der Waals surface area contributed by atoms with Crippen molar-refractivity contribution >= 4 is 10.0 Å². The van der Waals surface area contributed by atoms with Gasteiger partial charge in [-0.05, 0) is 42.6 Å². The second kappa shape index (κ2) is 8.43. The number of nitrogens with one attached hydrogen (secondary N) is 1. The van der Waals surface area contributed by atoms with Crippen LogP contribution in [0.15, 0.2) is 47.4 Å². The van der Waals surface area contributed by atoms with Crippen LogP contribution in [0.4, 0.5) is 8.78 Å². The van der Waals surface area contributed by atoms with E-state index in [0.717, 1.165) is 42.6 Å². The molecule has 1 heterocycles. The zero-order valence-corrected chi connectivity index (χ0v) is 15.6. The number of rotatable bonds is 7. The molecule has 0 radical (unpaired) electrons. The van der Waals surface area contributed by atoms with Crippen LogP contribution >= 0.6 is 0 Å². The van der Waals surface area contributed by atoms with Gasteiger partial charge in [0.05, 0.1) is 6.61 Å². The Bertz CT molecular complexity index is 906. The van der Waals surface area contributed by atoms with Gasteiger partial charge in [0.15, 0.2) is 0 Å². The van der Waals surface area contributed by atoms with Gasteiger partial charge in [-0.2, -0.15) is 0 Å². The Kier molecular flexibility index (Phi) is 6.21. The summed E-state index contributed by atoms with van der Waals surface area (Å²) in [6.45, 7) is 1.58. The van der Waals surface area contributed by atoms with Crippen LogP contribution in [0.3, 0.4) is 0 Å². The lowest BCUT2D eigenvalue weighted by Gasteiger charge is -2.24. The van der Waals surface area contributed by atoms with Crippen LogP contribution < -0.4 is 4.72 Å². The number of sulfonamides is 1. The van der Waals surface area contributed by atoms with E-state index in [1.54, 1.807) is 6.07 Å². The number of aliphatic hydroxyl groups excluding tert-OH is 1. The molecule has 1 unspecified atom stereocenters. The van der Waals surface area contributed by atoms with Gasteiger partial charge in [0.2, 0.25) is 10.0 Å². The van der Waals surface area contributed by atoms with Crippen LogP contribution in [0, 0.1) is 11.6 Å². The Hall–Kier alpha value is -1.87. The first-order valence-electron chi connectivity index (χ1n) is 8.77. The van der Waals surface area contributed by atoms with E-state index in [4.69, 9.17) is 0 Å². The molecule has 0 aliphatic carbocycles. The van der Waals surface area contributed by atoms with E-state index in [1.807, 2.05) is 18.2 Å². The fraction of sp³-hybridized carbons (Fsp3) is 0.368. The quantitative estimate of drug-likeness (QED) is 0.754. The molecule has 1 fully saturated rings. The second-order valence-electron chi connectivity index (χ2n) is 6.62. The molecule has 2 N–H and O–H groups in total. The predicted octanol–water partition coefficient (Wildman–Crippen LogP) is 2.40. The van der Waals surface area contributed by atoms with Crippen molar-refractivity contribution in [3.05, 3.63) is 65.2 Å². The van der Waals surface area contributed by atoms with E-state index in [2.05, 4.69) is 9.62 Å². The monoisotopic (exact) mass is 396 g/mol. The maximum atomic E-state index is 13.8. The number of halogens is 2. The van der Waals surface area contributed by atoms with Crippen molar-refractivity contribution in [2.24, 2.45) is 0 Å². The lowest BCUT2D eigenvalue weighted by atomic mass is 10.1. The first kappa shape index (κ1) is 19.9. The lowest BCUT2D eigenvalue weighted by molar-refractivity contribution is 0.153. The van der Waals surface area contributed by atoms with Crippen LogP contribution in [-0.4, -0.2) is 37.6 Å². The molecule has 0 amide bonds. The van der Waals surface area contributed by atoms with E-state index >= 15 is 0 Å². The van der Waals surface area contributed by atoms with Crippen molar-refractivity contribution in [1.29, 1.82) is 0 Å². The molecule has 1 saturated heterocycles. The largest absolute Gasteiger partial charge is 0.395 e. The first-order chi connectivity index (χ1) is 12.9. The minimum absolute atomic E-state index is 0.00699. The lowest BCUT2D eigenvalue weighted by Crippen LogP contribution is -2.32. The van der Waals surface area contributed by atoms with Gasteiger partial charge in [-0.15, -0.1) is 0 Å². The van der Waals surface area contributed by atoms with Crippen molar-refractivity contribution in [2.45, 2.75) is 36.9 Å². The highest BCUT2D eigenvalue weighted by Crippen LogP contribution is 2.22. The number of nitrogens with zero attached hydrogens (tertiary/aromatic N) is 1. The summed E-state index contributed by atoms with van der Waals surface area (Å²) in [6.07, 6.45) is 1.96. The Balaban J connectivity index is 1.74. The summed E-state index contributed by atoms with van der Waals surface area (Å²) in [5.41, 5.74) is 1.72. The Morgan fingerprint density at radius 2 is 1.89 bits per heavy atom. The van der Waals surface area contributed by atoms with E-state index < -0.39 is 26.6 Å². The van der Waals surface area contributed by atoms with Crippen molar-refractivity contribution in [3.63, 3.8) is 0 Å². The third-order valence-corrected chi connectivity index (χ3v) is 6.27. The van der Waals surface area contributed by atoms with Crippen LogP contribution in [0.25, 0.3) is 0 Å². The molecule has 8 heteroatoms. The average Bonchev–Trinajstić information content (AvgIpc) is 3.08. The standard InChI is InChI=1S/C19H22F2N2O3S/c20-16-7-8-19(18(21)10-16)27(25,26)22-11-14-4-1-2-5-15(14)12-23-9-3-6-17(23)13-24/h1-2,4-5,7-8,10,17,22,24H,3,6,9,11-13H2. The molecule has 0 bridgehead atoms. The highest BCUT2D eigenvalue weighted by Gasteiger charge is 2.25. The Morgan fingerprint density at radius 3 is 2.59 bits per heavy atom. The fourth-order valence-corrected chi connectivity index (χ4v) is 4.42. The molecular formula is C19H22F2N2O3S. The molecule has 5 nitrogen and oxygen atoms in total. The first-order valence-corrected chi connectivity index (χ1v) is 10.3. The van der Waals surface area contributed by atoms with Gasteiger partial charge >= 0.3 is 0 Å². The summed E-state index contributed by atoms with van der Waals surface area (Å²) in [4.78, 5) is 1.59. The second-order valence-corrected chi connectivity index (χ2v) is 8.35. The Morgan fingerprint density at radius 1 is 1.15 bits per heavy atom. The van der Waals surface area contributed by atoms with Crippen molar-refractivity contribution in [3.8, 4) is 0 Å². The summed E-state index contributed by atoms with van der Waals surface area (Å²) in [5, 5.41) is 9.47. The van der Waals surface area contributed by atoms with E-state index in [0.29, 0.717) is 12.6 Å². The van der Waals surface area contributed by atoms with Gasteiger partial charge in [0, 0.05) is 25.2 Å². The molecule has 3 rings (SSSR count). The number of benzene rings is 2. The van der Waals surface area contributed by atoms with Crippen molar-refractivity contribution in [1.82, 2.24) is 9.62 Å². The molecule has 1 aliphatic rings. The summed E-state index contributed by atoms with van der Waals surface area (Å²) in [6, 6.07) is 9.88. The minimum Gasteiger partial charge on any atom is -0.395 e. The van der Waals surface area contributed by atoms with E-state index in [1.165, 1.54) is 0 Å². The zero-order chi connectivity index (χ0) is 19.4. The smallest absolute Gasteiger partial charge is 0.243 e. The predicted molar refractivity (Wildman–Crippen MR) is 97.3 cm³/mol. The maximum absolute atomic E-state index is 13.8. The average molecular weight is 396 g/mol. The summed E-state index contributed by atoms with van der Waals surface area (Å²) < 4.78 is 54.0. The number of aliphatic hydroxyl groups is 1. The summed E-state index contributed by atoms with van der Waals surface area (Å²) in [7, 11) is -4.11. The van der Waals surface area contributed by atoms with E-state index in [9.17, 15) is 22.3 Å². The van der Waals surface area contributed by atoms with Crippen LogP contribution in [-0.2, 0) is 23.1 Å². The van der Waals surface area contributed by atoms with Crippen molar-refractivity contribution in [2.75, 3.05) is 13.2 Å². The van der Waals surface area contributed by atoms with Gasteiger partial charge < -0.3 is 5.11 Å². The molecule has 27 heavy (non-hydrogen) atoms. The highest BCUT2D eigenvalue weighted by atomic mass is 32.2. The molecule has 0 spiro atoms. The topological polar surface area (TPSA) is 69.6 Å². The molecular weight excluding hydrogens is 374 g/mol. The van der Waals surface area contributed by atoms with Crippen LogP contribution in [0.1, 0.15) is 24.0 Å². The SMILES string of the molecule is O=S(=O)(NCc1ccccc1CN1CCCC1CO)c1ccc(F)cc1F. The van der Waals surface area contributed by atoms with Crippen LogP contribution in [0.2, 0.25) is 0 Å². The van der Waals surface area contributed by atoms with Gasteiger partial charge in [-0.25, -0.2) is 21.9 Å². The minimum atomic E-state index is -4.11. The molecule has 146 valence electrons. The normalized spacial score (nSPS) is 18.1. The third kappa shape index (κ3) is 4.70. The Labute approximate surface area is 157 Å². The number of hydrogen-bond donors (Lipinski definition) is 2. The third-order valence-electron chi connectivity index (χ3n) is 4.84. The molecule has 0 aromatic heterocycles. The fourth-order valence-electron chi connectivity index (χ4n) is 3.36. The molecule has 1 atom stereocenters. The van der Waals surface area contributed by atoms with Crippen LogP contribution in [0.5, 0.6) is 0 Å². The van der Waals surface area contributed by atoms with Gasteiger partial charge in [0.25, 0.3) is 0 Å². The molecule has 2 aromatic rings. The number of likely N-dealkylation sites (tertiary alicyclic amines) is 1. The summed E-state index contributed by atoms with van der Waals surface area (Å²) in [5.74, 6) is -1.96. The van der Waals surface area contributed by atoms with Gasteiger partial charge in [-0.3, -0.25) is 4.90 Å². The highest BCUT2D eigenvalue weighted by molar-refractivity contribution is 7.89. The van der Waals surface area contributed by atoms with Crippen molar-refractivity contribution < 1.29 is 22.3 Å².